The molecular weight excluding hydrogens is 266 g/mol. The maximum Gasteiger partial charge on any atom is 0.124 e. The Morgan fingerprint density at radius 1 is 1.19 bits per heavy atom. The molecule has 0 aliphatic carbocycles. The Bertz CT molecular complexity index is 427. The van der Waals surface area contributed by atoms with Gasteiger partial charge in [0.05, 0.1) is 26.4 Å². The van der Waals surface area contributed by atoms with Crippen molar-refractivity contribution in [3.63, 3.8) is 0 Å². The van der Waals surface area contributed by atoms with E-state index in [4.69, 9.17) is 14.2 Å². The number of methoxy groups -OCH3 is 2. The highest BCUT2D eigenvalue weighted by atomic mass is 16.5. The van der Waals surface area contributed by atoms with Gasteiger partial charge in [0, 0.05) is 24.8 Å². The van der Waals surface area contributed by atoms with Gasteiger partial charge in [0.25, 0.3) is 0 Å². The number of hydrogen-bond acceptors (Lipinski definition) is 4. The topological polar surface area (TPSA) is 39.7 Å². The highest BCUT2D eigenvalue weighted by molar-refractivity contribution is 5.37. The molecular formula is C17H29NO3. The predicted molar refractivity (Wildman–Crippen MR) is 85.7 cm³/mol. The highest BCUT2D eigenvalue weighted by Gasteiger charge is 2.11. The molecule has 0 amide bonds. The van der Waals surface area contributed by atoms with E-state index >= 15 is 0 Å². The van der Waals surface area contributed by atoms with E-state index in [9.17, 15) is 0 Å². The van der Waals surface area contributed by atoms with Crippen LogP contribution in [0.4, 0.5) is 0 Å². The van der Waals surface area contributed by atoms with E-state index in [2.05, 4.69) is 38.2 Å². The van der Waals surface area contributed by atoms with Crippen molar-refractivity contribution >= 4 is 0 Å². The van der Waals surface area contributed by atoms with Gasteiger partial charge >= 0.3 is 0 Å². The molecule has 0 spiro atoms. The van der Waals surface area contributed by atoms with Crippen LogP contribution in [-0.4, -0.2) is 32.5 Å². The number of nitrogens with one attached hydrogen (secondary N) is 1. The first kappa shape index (κ1) is 18.0. The fourth-order valence-corrected chi connectivity index (χ4v) is 1.94. The smallest absolute Gasteiger partial charge is 0.124 e. The highest BCUT2D eigenvalue weighted by Crippen LogP contribution is 2.21. The standard InChI is InChI=1S/C17H29NO3/c1-13(11-19-5)21-12-15-9-14(7-8-16(15)20-6)10-18-17(2,3)4/h7-9,13,18H,10-12H2,1-6H3. The molecule has 1 unspecified atom stereocenters. The first-order valence-electron chi connectivity index (χ1n) is 7.37. The SMILES string of the molecule is COCC(C)OCc1cc(CNC(C)(C)C)ccc1OC. The van der Waals surface area contributed by atoms with Crippen molar-refractivity contribution in [3.8, 4) is 5.75 Å². The Hall–Kier alpha value is -1.10. The van der Waals surface area contributed by atoms with Crippen molar-refractivity contribution in [2.75, 3.05) is 20.8 Å². The van der Waals surface area contributed by atoms with Crippen molar-refractivity contribution in [2.24, 2.45) is 0 Å². The minimum absolute atomic E-state index is 0.0658. The zero-order valence-electron chi connectivity index (χ0n) is 14.2. The minimum atomic E-state index is 0.0658. The number of benzene rings is 1. The molecule has 1 aromatic carbocycles. The van der Waals surface area contributed by atoms with Crippen LogP contribution in [0.5, 0.6) is 5.75 Å². The second-order valence-electron chi connectivity index (χ2n) is 6.33. The Labute approximate surface area is 128 Å². The van der Waals surface area contributed by atoms with Crippen molar-refractivity contribution in [1.82, 2.24) is 5.32 Å². The zero-order chi connectivity index (χ0) is 15.9. The molecule has 0 saturated heterocycles. The predicted octanol–water partition coefficient (Wildman–Crippen LogP) is 3.13. The molecule has 4 heteroatoms. The Kier molecular flexibility index (Phi) is 7.15. The summed E-state index contributed by atoms with van der Waals surface area (Å²) in [6.07, 6.45) is 0.0658. The van der Waals surface area contributed by atoms with Crippen LogP contribution in [0.3, 0.4) is 0 Å². The van der Waals surface area contributed by atoms with Crippen LogP contribution in [0.25, 0.3) is 0 Å². The lowest BCUT2D eigenvalue weighted by atomic mass is 10.1. The van der Waals surface area contributed by atoms with Crippen LogP contribution < -0.4 is 10.1 Å². The Balaban J connectivity index is 2.71. The molecule has 0 aliphatic heterocycles. The molecule has 0 heterocycles. The molecule has 0 bridgehead atoms. The van der Waals surface area contributed by atoms with E-state index in [1.807, 2.05) is 13.0 Å². The van der Waals surface area contributed by atoms with Crippen LogP contribution in [-0.2, 0) is 22.6 Å². The summed E-state index contributed by atoms with van der Waals surface area (Å²) in [5, 5.41) is 3.49. The molecule has 0 aromatic heterocycles. The summed E-state index contributed by atoms with van der Waals surface area (Å²) in [6.45, 7) is 10.4. The Morgan fingerprint density at radius 2 is 1.90 bits per heavy atom. The van der Waals surface area contributed by atoms with Gasteiger partial charge in [0.1, 0.15) is 5.75 Å². The van der Waals surface area contributed by atoms with Gasteiger partial charge in [-0.15, -0.1) is 0 Å². The molecule has 1 rings (SSSR count). The van der Waals surface area contributed by atoms with Crippen molar-refractivity contribution in [1.29, 1.82) is 0 Å². The molecule has 1 aromatic rings. The number of hydrogen-bond donors (Lipinski definition) is 1. The lowest BCUT2D eigenvalue weighted by molar-refractivity contribution is -0.000757. The summed E-state index contributed by atoms with van der Waals surface area (Å²) >= 11 is 0. The van der Waals surface area contributed by atoms with E-state index in [0.717, 1.165) is 17.9 Å². The third kappa shape index (κ3) is 6.93. The first-order chi connectivity index (χ1) is 9.85. The van der Waals surface area contributed by atoms with Gasteiger partial charge in [-0.25, -0.2) is 0 Å². The molecule has 1 atom stereocenters. The number of rotatable bonds is 8. The molecule has 0 saturated carbocycles. The molecule has 4 nitrogen and oxygen atoms in total. The van der Waals surface area contributed by atoms with Gasteiger partial charge < -0.3 is 19.5 Å². The summed E-state index contributed by atoms with van der Waals surface area (Å²) in [4.78, 5) is 0. The second-order valence-corrected chi connectivity index (χ2v) is 6.33. The van der Waals surface area contributed by atoms with E-state index in [0.29, 0.717) is 13.2 Å². The zero-order valence-corrected chi connectivity index (χ0v) is 14.2. The van der Waals surface area contributed by atoms with Crippen molar-refractivity contribution in [3.05, 3.63) is 29.3 Å². The third-order valence-electron chi connectivity index (χ3n) is 3.09. The monoisotopic (exact) mass is 295 g/mol. The Morgan fingerprint density at radius 3 is 2.48 bits per heavy atom. The normalized spacial score (nSPS) is 13.2. The maximum atomic E-state index is 5.79. The lowest BCUT2D eigenvalue weighted by Crippen LogP contribution is -2.35. The summed E-state index contributed by atoms with van der Waals surface area (Å²) < 4.78 is 16.3. The van der Waals surface area contributed by atoms with Gasteiger partial charge in [-0.1, -0.05) is 6.07 Å². The molecule has 0 radical (unpaired) electrons. The summed E-state index contributed by atoms with van der Waals surface area (Å²) in [6, 6.07) is 6.22. The summed E-state index contributed by atoms with van der Waals surface area (Å²) in [7, 11) is 3.36. The fraction of sp³-hybridized carbons (Fsp3) is 0.647. The van der Waals surface area contributed by atoms with E-state index in [1.54, 1.807) is 14.2 Å². The van der Waals surface area contributed by atoms with Crippen molar-refractivity contribution < 1.29 is 14.2 Å². The largest absolute Gasteiger partial charge is 0.496 e. The van der Waals surface area contributed by atoms with E-state index in [1.165, 1.54) is 5.56 Å². The average molecular weight is 295 g/mol. The molecule has 0 aliphatic rings. The van der Waals surface area contributed by atoms with Gasteiger partial charge in [-0.05, 0) is 45.4 Å². The summed E-state index contributed by atoms with van der Waals surface area (Å²) in [5.41, 5.74) is 2.39. The minimum Gasteiger partial charge on any atom is -0.496 e. The first-order valence-corrected chi connectivity index (χ1v) is 7.37. The average Bonchev–Trinajstić information content (AvgIpc) is 2.42. The molecule has 1 N–H and O–H groups in total. The number of ether oxygens (including phenoxy) is 3. The van der Waals surface area contributed by atoms with Crippen LogP contribution in [0.1, 0.15) is 38.8 Å². The molecule has 21 heavy (non-hydrogen) atoms. The fourth-order valence-electron chi connectivity index (χ4n) is 1.94. The van der Waals surface area contributed by atoms with Gasteiger partial charge in [-0.2, -0.15) is 0 Å². The van der Waals surface area contributed by atoms with Gasteiger partial charge in [0.2, 0.25) is 0 Å². The second kappa shape index (κ2) is 8.37. The van der Waals surface area contributed by atoms with Crippen LogP contribution in [0.2, 0.25) is 0 Å². The van der Waals surface area contributed by atoms with Crippen LogP contribution >= 0.6 is 0 Å². The lowest BCUT2D eigenvalue weighted by Gasteiger charge is -2.21. The maximum absolute atomic E-state index is 5.79. The quantitative estimate of drug-likeness (QED) is 0.800. The van der Waals surface area contributed by atoms with Crippen LogP contribution in [0, 0.1) is 0 Å². The van der Waals surface area contributed by atoms with Gasteiger partial charge in [0.15, 0.2) is 0 Å². The summed E-state index contributed by atoms with van der Waals surface area (Å²) in [5.74, 6) is 0.860. The molecule has 0 fully saturated rings. The van der Waals surface area contributed by atoms with Crippen molar-refractivity contribution in [2.45, 2.75) is 52.5 Å². The molecule has 120 valence electrons. The van der Waals surface area contributed by atoms with Gasteiger partial charge in [-0.3, -0.25) is 0 Å². The van der Waals surface area contributed by atoms with Crippen LogP contribution in [0.15, 0.2) is 18.2 Å². The van der Waals surface area contributed by atoms with E-state index in [-0.39, 0.29) is 11.6 Å². The van der Waals surface area contributed by atoms with E-state index < -0.39 is 0 Å². The third-order valence-corrected chi connectivity index (χ3v) is 3.09.